The normalized spacial score (nSPS) is 28.2. The second kappa shape index (κ2) is 6.24. The summed E-state index contributed by atoms with van der Waals surface area (Å²) in [6.07, 6.45) is 2.12. The first-order chi connectivity index (χ1) is 9.47. The third kappa shape index (κ3) is 3.95. The lowest BCUT2D eigenvalue weighted by Gasteiger charge is -2.16. The molecule has 2 N–H and O–H groups in total. The minimum Gasteiger partial charge on any atom is -0.481 e. The molecule has 1 saturated heterocycles. The van der Waals surface area contributed by atoms with Gasteiger partial charge in [-0.1, -0.05) is 6.92 Å². The lowest BCUT2D eigenvalue weighted by atomic mass is 10.1. The van der Waals surface area contributed by atoms with Crippen LogP contribution in [-0.2, 0) is 14.4 Å². The molecule has 20 heavy (non-hydrogen) atoms. The number of carbonyl (C=O) groups is 3. The van der Waals surface area contributed by atoms with Crippen molar-refractivity contribution < 1.29 is 19.5 Å². The predicted molar refractivity (Wildman–Crippen MR) is 71.8 cm³/mol. The molecular formula is C14H22N2O4. The van der Waals surface area contributed by atoms with Crippen molar-refractivity contribution in [3.63, 3.8) is 0 Å². The van der Waals surface area contributed by atoms with Gasteiger partial charge in [0.15, 0.2) is 0 Å². The Bertz CT molecular complexity index is 410. The summed E-state index contributed by atoms with van der Waals surface area (Å²) in [7, 11) is 0. The van der Waals surface area contributed by atoms with Gasteiger partial charge in [0, 0.05) is 38.4 Å². The maximum Gasteiger partial charge on any atom is 0.303 e. The zero-order valence-corrected chi connectivity index (χ0v) is 11.8. The van der Waals surface area contributed by atoms with E-state index in [1.807, 2.05) is 6.92 Å². The number of nitrogens with one attached hydrogen (secondary N) is 1. The van der Waals surface area contributed by atoms with E-state index in [1.165, 1.54) is 0 Å². The van der Waals surface area contributed by atoms with Gasteiger partial charge in [0.2, 0.25) is 11.8 Å². The molecule has 2 fully saturated rings. The maximum absolute atomic E-state index is 11.9. The molecule has 1 saturated carbocycles. The lowest BCUT2D eigenvalue weighted by Crippen LogP contribution is -2.34. The van der Waals surface area contributed by atoms with E-state index in [2.05, 4.69) is 5.32 Å². The van der Waals surface area contributed by atoms with Crippen molar-refractivity contribution in [2.45, 2.75) is 32.6 Å². The van der Waals surface area contributed by atoms with Gasteiger partial charge in [-0.25, -0.2) is 0 Å². The molecule has 6 heteroatoms. The Hall–Kier alpha value is -1.59. The summed E-state index contributed by atoms with van der Waals surface area (Å²) in [6, 6.07) is 0. The van der Waals surface area contributed by atoms with Crippen LogP contribution in [0.3, 0.4) is 0 Å². The van der Waals surface area contributed by atoms with E-state index in [-0.39, 0.29) is 30.1 Å². The lowest BCUT2D eigenvalue weighted by molar-refractivity contribution is -0.138. The van der Waals surface area contributed by atoms with Crippen LogP contribution in [0.2, 0.25) is 0 Å². The standard InChI is InChI=1S/C14H22N2O4/c1-9-6-11(9)14(20)15-4-2-12(17)16-5-3-10(8-16)7-13(18)19/h9-11H,2-8H2,1H3,(H,15,20)(H,18,19). The third-order valence-electron chi connectivity index (χ3n) is 4.19. The average molecular weight is 282 g/mol. The van der Waals surface area contributed by atoms with E-state index < -0.39 is 5.97 Å². The summed E-state index contributed by atoms with van der Waals surface area (Å²) in [5, 5.41) is 11.5. The monoisotopic (exact) mass is 282 g/mol. The SMILES string of the molecule is CC1CC1C(=O)NCCC(=O)N1CCC(CC(=O)O)C1. The van der Waals surface area contributed by atoms with E-state index in [0.717, 1.165) is 12.8 Å². The van der Waals surface area contributed by atoms with Crippen molar-refractivity contribution >= 4 is 17.8 Å². The first-order valence-corrected chi connectivity index (χ1v) is 7.24. The zero-order chi connectivity index (χ0) is 14.7. The zero-order valence-electron chi connectivity index (χ0n) is 11.8. The van der Waals surface area contributed by atoms with Crippen molar-refractivity contribution in [2.24, 2.45) is 17.8 Å². The first-order valence-electron chi connectivity index (χ1n) is 7.24. The minimum atomic E-state index is -0.810. The summed E-state index contributed by atoms with van der Waals surface area (Å²) in [5.41, 5.74) is 0. The van der Waals surface area contributed by atoms with Crippen molar-refractivity contribution in [3.8, 4) is 0 Å². The molecule has 0 bridgehead atoms. The highest BCUT2D eigenvalue weighted by Crippen LogP contribution is 2.37. The number of hydrogen-bond acceptors (Lipinski definition) is 3. The fourth-order valence-electron chi connectivity index (χ4n) is 2.74. The molecule has 3 unspecified atom stereocenters. The van der Waals surface area contributed by atoms with Gasteiger partial charge < -0.3 is 15.3 Å². The second-order valence-corrected chi connectivity index (χ2v) is 5.95. The number of carbonyl (C=O) groups excluding carboxylic acids is 2. The van der Waals surface area contributed by atoms with E-state index in [9.17, 15) is 14.4 Å². The van der Waals surface area contributed by atoms with Crippen molar-refractivity contribution in [1.82, 2.24) is 10.2 Å². The van der Waals surface area contributed by atoms with Crippen LogP contribution in [-0.4, -0.2) is 47.4 Å². The summed E-state index contributed by atoms with van der Waals surface area (Å²) < 4.78 is 0. The molecule has 2 rings (SSSR count). The number of aliphatic carboxylic acids is 1. The molecule has 0 spiro atoms. The van der Waals surface area contributed by atoms with Crippen LogP contribution in [0.4, 0.5) is 0 Å². The van der Waals surface area contributed by atoms with Gasteiger partial charge in [0.25, 0.3) is 0 Å². The third-order valence-corrected chi connectivity index (χ3v) is 4.19. The Labute approximate surface area is 118 Å². The van der Waals surface area contributed by atoms with Gasteiger partial charge in [0.1, 0.15) is 0 Å². The molecular weight excluding hydrogens is 260 g/mol. The summed E-state index contributed by atoms with van der Waals surface area (Å²) >= 11 is 0. The number of carboxylic acids is 1. The van der Waals surface area contributed by atoms with Crippen LogP contribution in [0.15, 0.2) is 0 Å². The summed E-state index contributed by atoms with van der Waals surface area (Å²) in [4.78, 5) is 35.9. The van der Waals surface area contributed by atoms with Crippen LogP contribution in [0.1, 0.15) is 32.6 Å². The number of rotatable bonds is 6. The largest absolute Gasteiger partial charge is 0.481 e. The van der Waals surface area contributed by atoms with Gasteiger partial charge in [-0.2, -0.15) is 0 Å². The highest BCUT2D eigenvalue weighted by Gasteiger charge is 2.38. The number of carboxylic acid groups (broad SMARTS) is 1. The van der Waals surface area contributed by atoms with Crippen LogP contribution < -0.4 is 5.32 Å². The number of amides is 2. The van der Waals surface area contributed by atoms with E-state index in [4.69, 9.17) is 5.11 Å². The Balaban J connectivity index is 1.63. The van der Waals surface area contributed by atoms with Crippen LogP contribution in [0, 0.1) is 17.8 Å². The van der Waals surface area contributed by atoms with Gasteiger partial charge in [-0.3, -0.25) is 14.4 Å². The Morgan fingerprint density at radius 3 is 2.65 bits per heavy atom. The highest BCUT2D eigenvalue weighted by atomic mass is 16.4. The molecule has 0 aromatic rings. The van der Waals surface area contributed by atoms with E-state index >= 15 is 0 Å². The molecule has 6 nitrogen and oxygen atoms in total. The number of nitrogens with zero attached hydrogens (tertiary/aromatic N) is 1. The summed E-state index contributed by atoms with van der Waals surface area (Å²) in [5.74, 6) is -0.0797. The molecule has 1 aliphatic carbocycles. The Kier molecular flexibility index (Phi) is 4.62. The number of likely N-dealkylation sites (tertiary alicyclic amines) is 1. The van der Waals surface area contributed by atoms with Crippen molar-refractivity contribution in [3.05, 3.63) is 0 Å². The fraction of sp³-hybridized carbons (Fsp3) is 0.786. The molecule has 0 aromatic heterocycles. The van der Waals surface area contributed by atoms with Gasteiger partial charge >= 0.3 is 5.97 Å². The summed E-state index contributed by atoms with van der Waals surface area (Å²) in [6.45, 7) is 3.58. The number of hydrogen-bond donors (Lipinski definition) is 2. The minimum absolute atomic E-state index is 0.00188. The molecule has 2 aliphatic rings. The molecule has 3 atom stereocenters. The smallest absolute Gasteiger partial charge is 0.303 e. The van der Waals surface area contributed by atoms with E-state index in [1.54, 1.807) is 4.90 Å². The highest BCUT2D eigenvalue weighted by molar-refractivity contribution is 5.82. The van der Waals surface area contributed by atoms with Gasteiger partial charge in [-0.15, -0.1) is 0 Å². The van der Waals surface area contributed by atoms with Crippen LogP contribution in [0.25, 0.3) is 0 Å². The molecule has 0 aromatic carbocycles. The van der Waals surface area contributed by atoms with Crippen molar-refractivity contribution in [2.75, 3.05) is 19.6 Å². The average Bonchev–Trinajstić information content (AvgIpc) is 2.92. The maximum atomic E-state index is 11.9. The molecule has 0 radical (unpaired) electrons. The van der Waals surface area contributed by atoms with Crippen molar-refractivity contribution in [1.29, 1.82) is 0 Å². The molecule has 112 valence electrons. The molecule has 2 amide bonds. The quantitative estimate of drug-likeness (QED) is 0.741. The molecule has 1 heterocycles. The van der Waals surface area contributed by atoms with Gasteiger partial charge in [-0.05, 0) is 24.7 Å². The molecule has 1 aliphatic heterocycles. The van der Waals surface area contributed by atoms with Gasteiger partial charge in [0.05, 0.1) is 0 Å². The predicted octanol–water partition coefficient (Wildman–Crippen LogP) is 0.472. The Morgan fingerprint density at radius 1 is 1.35 bits per heavy atom. The van der Waals surface area contributed by atoms with Crippen LogP contribution in [0.5, 0.6) is 0 Å². The topological polar surface area (TPSA) is 86.7 Å². The first kappa shape index (κ1) is 14.8. The fourth-order valence-corrected chi connectivity index (χ4v) is 2.74. The second-order valence-electron chi connectivity index (χ2n) is 5.95. The van der Waals surface area contributed by atoms with E-state index in [0.29, 0.717) is 32.0 Å². The van der Waals surface area contributed by atoms with Crippen LogP contribution >= 0.6 is 0 Å². The Morgan fingerprint density at radius 2 is 2.05 bits per heavy atom.